The van der Waals surface area contributed by atoms with E-state index in [1.807, 2.05) is 0 Å². The van der Waals surface area contributed by atoms with E-state index in [4.69, 9.17) is 4.52 Å². The molecule has 52 valence electrons. The Morgan fingerprint density at radius 3 is 3.30 bits per heavy atom. The molecule has 0 saturated heterocycles. The molecule has 0 spiro atoms. The lowest BCUT2D eigenvalue weighted by molar-refractivity contribution is 0.369. The van der Waals surface area contributed by atoms with Crippen molar-refractivity contribution in [1.82, 2.24) is 0 Å². The van der Waals surface area contributed by atoms with Gasteiger partial charge in [-0.15, -0.1) is 0 Å². The minimum Gasteiger partial charge on any atom is -0.353 e. The Balaban J connectivity index is 2.52. The van der Waals surface area contributed by atoms with E-state index in [0.29, 0.717) is 8.81 Å². The first-order valence-corrected chi connectivity index (χ1v) is 4.24. The zero-order valence-electron chi connectivity index (χ0n) is 5.85. The van der Waals surface area contributed by atoms with Crippen LogP contribution in [-0.2, 0) is 11.1 Å². The summed E-state index contributed by atoms with van der Waals surface area (Å²) in [5.74, 6) is 0. The number of hydrogen-bond donors (Lipinski definition) is 0. The molecule has 0 radical (unpaired) electrons. The molecule has 1 aliphatic rings. The molecule has 1 heterocycles. The van der Waals surface area contributed by atoms with Gasteiger partial charge in [-0.3, -0.25) is 0 Å². The van der Waals surface area contributed by atoms with Crippen LogP contribution in [0.5, 0.6) is 0 Å². The fourth-order valence-electron chi connectivity index (χ4n) is 1.10. The van der Waals surface area contributed by atoms with Crippen molar-refractivity contribution in [3.63, 3.8) is 0 Å². The molecule has 1 aliphatic heterocycles. The van der Waals surface area contributed by atoms with Crippen molar-refractivity contribution >= 4 is 14.1 Å². The Morgan fingerprint density at radius 1 is 1.50 bits per heavy atom. The van der Waals surface area contributed by atoms with Gasteiger partial charge in [-0.2, -0.15) is 0 Å². The topological polar surface area (TPSA) is 9.23 Å². The summed E-state index contributed by atoms with van der Waals surface area (Å²) in [6, 6.07) is 6.50. The SMILES string of the molecule is Cc1ccc2c(c1)POC2. The number of fused-ring (bicyclic) bond motifs is 1. The fraction of sp³-hybridized carbons (Fsp3) is 0.250. The van der Waals surface area contributed by atoms with E-state index in [-0.39, 0.29) is 0 Å². The van der Waals surface area contributed by atoms with Crippen molar-refractivity contribution in [2.24, 2.45) is 0 Å². The van der Waals surface area contributed by atoms with E-state index < -0.39 is 0 Å². The molecule has 0 N–H and O–H groups in total. The van der Waals surface area contributed by atoms with Gasteiger partial charge in [0.25, 0.3) is 0 Å². The summed E-state index contributed by atoms with van der Waals surface area (Å²) in [5, 5.41) is 1.39. The molecule has 1 nitrogen and oxygen atoms in total. The highest BCUT2D eigenvalue weighted by atomic mass is 31.1. The van der Waals surface area contributed by atoms with Gasteiger partial charge in [0.05, 0.1) is 6.61 Å². The lowest BCUT2D eigenvalue weighted by Crippen LogP contribution is -1.96. The first-order valence-electron chi connectivity index (χ1n) is 3.33. The largest absolute Gasteiger partial charge is 0.353 e. The number of aryl methyl sites for hydroxylation is 1. The molecule has 2 heteroatoms. The van der Waals surface area contributed by atoms with E-state index in [2.05, 4.69) is 25.1 Å². The van der Waals surface area contributed by atoms with Crippen molar-refractivity contribution in [1.29, 1.82) is 0 Å². The maximum atomic E-state index is 5.30. The van der Waals surface area contributed by atoms with Crippen LogP contribution in [0.1, 0.15) is 11.1 Å². The van der Waals surface area contributed by atoms with Crippen LogP contribution in [0.2, 0.25) is 0 Å². The number of benzene rings is 1. The number of rotatable bonds is 0. The van der Waals surface area contributed by atoms with Gasteiger partial charge in [0.2, 0.25) is 0 Å². The highest BCUT2D eigenvalue weighted by Gasteiger charge is 2.09. The maximum absolute atomic E-state index is 5.30. The second-order valence-electron chi connectivity index (χ2n) is 2.55. The third-order valence-electron chi connectivity index (χ3n) is 1.68. The summed E-state index contributed by atoms with van der Waals surface area (Å²) in [4.78, 5) is 0. The van der Waals surface area contributed by atoms with Gasteiger partial charge >= 0.3 is 0 Å². The molecule has 0 amide bonds. The quantitative estimate of drug-likeness (QED) is 0.514. The average molecular weight is 152 g/mol. The molecular formula is C8H9OP. The number of hydrogen-bond acceptors (Lipinski definition) is 1. The van der Waals surface area contributed by atoms with Gasteiger partial charge in [0.15, 0.2) is 0 Å². The van der Waals surface area contributed by atoms with Crippen LogP contribution in [0.25, 0.3) is 0 Å². The first-order chi connectivity index (χ1) is 4.86. The van der Waals surface area contributed by atoms with Crippen LogP contribution in [0.15, 0.2) is 18.2 Å². The maximum Gasteiger partial charge on any atom is 0.0767 e. The first kappa shape index (κ1) is 6.33. The van der Waals surface area contributed by atoms with E-state index in [0.717, 1.165) is 6.61 Å². The summed E-state index contributed by atoms with van der Waals surface area (Å²) in [5.41, 5.74) is 2.70. The monoisotopic (exact) mass is 152 g/mol. The van der Waals surface area contributed by atoms with Crippen LogP contribution in [-0.4, -0.2) is 0 Å². The van der Waals surface area contributed by atoms with Crippen LogP contribution >= 0.6 is 8.81 Å². The highest BCUT2D eigenvalue weighted by Crippen LogP contribution is 2.25. The second kappa shape index (κ2) is 2.34. The molecule has 10 heavy (non-hydrogen) atoms. The lowest BCUT2D eigenvalue weighted by atomic mass is 10.2. The van der Waals surface area contributed by atoms with Crippen LogP contribution in [0.3, 0.4) is 0 Å². The Hall–Kier alpha value is -0.390. The van der Waals surface area contributed by atoms with Gasteiger partial charge in [-0.25, -0.2) is 0 Å². The van der Waals surface area contributed by atoms with Crippen LogP contribution < -0.4 is 5.30 Å². The molecule has 0 bridgehead atoms. The lowest BCUT2D eigenvalue weighted by Gasteiger charge is -1.95. The third kappa shape index (κ3) is 0.960. The van der Waals surface area contributed by atoms with Gasteiger partial charge in [-0.1, -0.05) is 17.7 Å². The molecule has 1 atom stereocenters. The summed E-state index contributed by atoms with van der Waals surface area (Å²) in [7, 11) is 0.576. The van der Waals surface area contributed by atoms with Gasteiger partial charge in [-0.05, 0) is 18.6 Å². The Labute approximate surface area is 62.3 Å². The molecule has 0 saturated carbocycles. The zero-order chi connectivity index (χ0) is 6.97. The highest BCUT2D eigenvalue weighted by molar-refractivity contribution is 7.42. The van der Waals surface area contributed by atoms with Crippen molar-refractivity contribution in [3.8, 4) is 0 Å². The van der Waals surface area contributed by atoms with E-state index in [1.54, 1.807) is 0 Å². The summed E-state index contributed by atoms with van der Waals surface area (Å²) in [6.45, 7) is 2.93. The van der Waals surface area contributed by atoms with E-state index in [9.17, 15) is 0 Å². The zero-order valence-corrected chi connectivity index (χ0v) is 6.85. The summed E-state index contributed by atoms with van der Waals surface area (Å²) in [6.07, 6.45) is 0. The van der Waals surface area contributed by atoms with Crippen molar-refractivity contribution in [2.45, 2.75) is 13.5 Å². The Kier molecular flexibility index (Phi) is 1.48. The van der Waals surface area contributed by atoms with Crippen LogP contribution in [0.4, 0.5) is 0 Å². The average Bonchev–Trinajstić information content (AvgIpc) is 2.33. The molecule has 1 aromatic rings. The predicted molar refractivity (Wildman–Crippen MR) is 43.9 cm³/mol. The van der Waals surface area contributed by atoms with Gasteiger partial charge < -0.3 is 4.52 Å². The molecule has 0 fully saturated rings. The third-order valence-corrected chi connectivity index (χ3v) is 2.65. The normalized spacial score (nSPS) is 17.7. The summed E-state index contributed by atoms with van der Waals surface area (Å²) >= 11 is 0. The Morgan fingerprint density at radius 2 is 2.40 bits per heavy atom. The molecule has 1 unspecified atom stereocenters. The molecule has 1 aromatic carbocycles. The van der Waals surface area contributed by atoms with Crippen LogP contribution in [0, 0.1) is 6.92 Å². The minimum absolute atomic E-state index is 0.576. The second-order valence-corrected chi connectivity index (χ2v) is 3.58. The predicted octanol–water partition coefficient (Wildman–Crippen LogP) is 1.74. The standard InChI is InChI=1S/C8H9OP/c1-6-2-3-7-5-9-10-8(7)4-6/h2-4,10H,5H2,1H3. The molecule has 2 rings (SSSR count). The van der Waals surface area contributed by atoms with Crippen molar-refractivity contribution < 1.29 is 4.52 Å². The molecule has 0 aromatic heterocycles. The Bertz CT molecular complexity index is 257. The smallest absolute Gasteiger partial charge is 0.0767 e. The van der Waals surface area contributed by atoms with Crippen molar-refractivity contribution in [3.05, 3.63) is 29.3 Å². The summed E-state index contributed by atoms with van der Waals surface area (Å²) < 4.78 is 5.30. The minimum atomic E-state index is 0.576. The van der Waals surface area contributed by atoms with Crippen molar-refractivity contribution in [2.75, 3.05) is 0 Å². The molecule has 0 aliphatic carbocycles. The fourth-order valence-corrected chi connectivity index (χ4v) is 2.06. The van der Waals surface area contributed by atoms with Gasteiger partial charge in [0, 0.05) is 14.1 Å². The van der Waals surface area contributed by atoms with E-state index >= 15 is 0 Å². The van der Waals surface area contributed by atoms with Gasteiger partial charge in [0.1, 0.15) is 0 Å². The molecular weight excluding hydrogens is 143 g/mol. The van der Waals surface area contributed by atoms with E-state index in [1.165, 1.54) is 16.4 Å².